The molecule has 0 aromatic rings. The van der Waals surface area contributed by atoms with Gasteiger partial charge in [0.25, 0.3) is 0 Å². The van der Waals surface area contributed by atoms with Gasteiger partial charge in [-0.15, -0.1) is 0 Å². The third-order valence-corrected chi connectivity index (χ3v) is 3.27. The molecule has 0 aromatic heterocycles. The highest BCUT2D eigenvalue weighted by molar-refractivity contribution is 4.97. The number of alkyl halides is 1. The van der Waals surface area contributed by atoms with Crippen molar-refractivity contribution < 1.29 is 4.39 Å². The van der Waals surface area contributed by atoms with E-state index in [1.165, 1.54) is 19.3 Å². The van der Waals surface area contributed by atoms with Gasteiger partial charge in [-0.05, 0) is 19.3 Å². The van der Waals surface area contributed by atoms with Crippen LogP contribution in [0, 0.1) is 0 Å². The molecule has 0 amide bonds. The number of rotatable bonds is 2. The predicted molar refractivity (Wildman–Crippen MR) is 46.7 cm³/mol. The molecule has 1 aliphatic carbocycles. The lowest BCUT2D eigenvalue weighted by atomic mass is 9.91. The van der Waals surface area contributed by atoms with Gasteiger partial charge in [-0.2, -0.15) is 0 Å². The van der Waals surface area contributed by atoms with Crippen LogP contribution in [0.3, 0.4) is 0 Å². The van der Waals surface area contributed by atoms with Crippen molar-refractivity contribution in [2.45, 2.75) is 37.3 Å². The van der Waals surface area contributed by atoms with E-state index in [2.05, 4.69) is 4.90 Å². The van der Waals surface area contributed by atoms with Crippen LogP contribution in [0.25, 0.3) is 0 Å². The monoisotopic (exact) mass is 172 g/mol. The van der Waals surface area contributed by atoms with E-state index >= 15 is 0 Å². The van der Waals surface area contributed by atoms with Gasteiger partial charge in [0.15, 0.2) is 0 Å². The summed E-state index contributed by atoms with van der Waals surface area (Å²) in [5.41, 5.74) is 5.33. The minimum absolute atomic E-state index is 0.365. The highest BCUT2D eigenvalue weighted by atomic mass is 19.1. The summed E-state index contributed by atoms with van der Waals surface area (Å²) in [7, 11) is 0. The van der Waals surface area contributed by atoms with E-state index in [-0.39, 0.29) is 6.67 Å². The van der Waals surface area contributed by atoms with Gasteiger partial charge in [0, 0.05) is 19.1 Å². The third-order valence-electron chi connectivity index (χ3n) is 3.27. The summed E-state index contributed by atoms with van der Waals surface area (Å²) in [6.45, 7) is 1.41. The molecular formula is C9H17FN2. The molecule has 0 bridgehead atoms. The Bertz CT molecular complexity index is 170. The molecule has 1 atom stereocenters. The Morgan fingerprint density at radius 3 is 2.67 bits per heavy atom. The molecule has 0 radical (unpaired) electrons. The van der Waals surface area contributed by atoms with Crippen LogP contribution in [0.2, 0.25) is 0 Å². The van der Waals surface area contributed by atoms with Crippen LogP contribution in [-0.4, -0.2) is 36.2 Å². The topological polar surface area (TPSA) is 29.3 Å². The second kappa shape index (κ2) is 2.96. The first-order chi connectivity index (χ1) is 5.73. The van der Waals surface area contributed by atoms with Crippen molar-refractivity contribution in [1.82, 2.24) is 4.90 Å². The van der Waals surface area contributed by atoms with Gasteiger partial charge in [0.1, 0.15) is 6.67 Å². The van der Waals surface area contributed by atoms with Crippen LogP contribution in [0.15, 0.2) is 0 Å². The minimum Gasteiger partial charge on any atom is -0.322 e. The van der Waals surface area contributed by atoms with Crippen LogP contribution in [0.5, 0.6) is 0 Å². The van der Waals surface area contributed by atoms with E-state index in [1.807, 2.05) is 0 Å². The maximum absolute atomic E-state index is 12.5. The van der Waals surface area contributed by atoms with Gasteiger partial charge in [0.2, 0.25) is 0 Å². The number of hydrogen-bond donors (Lipinski definition) is 1. The van der Waals surface area contributed by atoms with E-state index in [1.54, 1.807) is 0 Å². The first-order valence-corrected chi connectivity index (χ1v) is 4.82. The number of hydrogen-bond acceptors (Lipinski definition) is 2. The van der Waals surface area contributed by atoms with E-state index in [4.69, 9.17) is 5.73 Å². The zero-order chi connectivity index (χ0) is 8.60. The van der Waals surface area contributed by atoms with Crippen molar-refractivity contribution in [2.24, 2.45) is 5.73 Å². The standard InChI is InChI=1S/C9H17FN2/c10-6-9(11)4-5-12(7-9)8-2-1-3-8/h8H,1-7,11H2. The molecule has 2 fully saturated rings. The predicted octanol–water partition coefficient (Wildman–Crippen LogP) is 0.912. The Labute approximate surface area is 72.9 Å². The summed E-state index contributed by atoms with van der Waals surface area (Å²) in [6, 6.07) is 0.724. The average Bonchev–Trinajstić information content (AvgIpc) is 2.31. The molecule has 2 rings (SSSR count). The molecule has 1 saturated carbocycles. The Hall–Kier alpha value is -0.150. The zero-order valence-electron chi connectivity index (χ0n) is 7.43. The maximum atomic E-state index is 12.5. The van der Waals surface area contributed by atoms with Gasteiger partial charge in [0.05, 0.1) is 5.54 Å². The number of likely N-dealkylation sites (tertiary alicyclic amines) is 1. The van der Waals surface area contributed by atoms with E-state index in [0.29, 0.717) is 0 Å². The lowest BCUT2D eigenvalue weighted by Crippen LogP contribution is -2.47. The highest BCUT2D eigenvalue weighted by Crippen LogP contribution is 2.30. The van der Waals surface area contributed by atoms with Crippen LogP contribution in [0.4, 0.5) is 4.39 Å². The first-order valence-electron chi connectivity index (χ1n) is 4.82. The second-order valence-electron chi connectivity index (χ2n) is 4.30. The Morgan fingerprint density at radius 2 is 2.25 bits per heavy atom. The van der Waals surface area contributed by atoms with Crippen LogP contribution >= 0.6 is 0 Å². The largest absolute Gasteiger partial charge is 0.322 e. The van der Waals surface area contributed by atoms with Crippen LogP contribution in [0.1, 0.15) is 25.7 Å². The van der Waals surface area contributed by atoms with Crippen LogP contribution < -0.4 is 5.73 Å². The highest BCUT2D eigenvalue weighted by Gasteiger charge is 2.38. The smallest absolute Gasteiger partial charge is 0.109 e. The van der Waals surface area contributed by atoms with Crippen molar-refractivity contribution >= 4 is 0 Å². The lowest BCUT2D eigenvalue weighted by Gasteiger charge is -2.35. The van der Waals surface area contributed by atoms with E-state index < -0.39 is 5.54 Å². The Balaban J connectivity index is 1.88. The van der Waals surface area contributed by atoms with Gasteiger partial charge in [-0.25, -0.2) is 4.39 Å². The summed E-state index contributed by atoms with van der Waals surface area (Å²) in [5.74, 6) is 0. The summed E-state index contributed by atoms with van der Waals surface area (Å²) >= 11 is 0. The fourth-order valence-corrected chi connectivity index (χ4v) is 2.10. The first kappa shape index (κ1) is 8.45. The summed E-state index contributed by atoms with van der Waals surface area (Å²) in [6.07, 6.45) is 4.76. The molecule has 2 N–H and O–H groups in total. The van der Waals surface area contributed by atoms with E-state index in [0.717, 1.165) is 25.6 Å². The van der Waals surface area contributed by atoms with Crippen molar-refractivity contribution in [1.29, 1.82) is 0 Å². The average molecular weight is 172 g/mol. The molecule has 1 unspecified atom stereocenters. The van der Waals surface area contributed by atoms with Crippen molar-refractivity contribution in [3.8, 4) is 0 Å². The SMILES string of the molecule is NC1(CF)CCN(C2CCC2)C1. The number of halogens is 1. The molecule has 2 nitrogen and oxygen atoms in total. The van der Waals surface area contributed by atoms with Gasteiger partial charge < -0.3 is 5.73 Å². The fourth-order valence-electron chi connectivity index (χ4n) is 2.10. The molecule has 1 saturated heterocycles. The summed E-state index contributed by atoms with van der Waals surface area (Å²) in [4.78, 5) is 2.36. The molecule has 1 heterocycles. The maximum Gasteiger partial charge on any atom is 0.109 e. The fraction of sp³-hybridized carbons (Fsp3) is 1.00. The Morgan fingerprint density at radius 1 is 1.50 bits per heavy atom. The normalized spacial score (nSPS) is 38.5. The van der Waals surface area contributed by atoms with Crippen LogP contribution in [-0.2, 0) is 0 Å². The van der Waals surface area contributed by atoms with Crippen molar-refractivity contribution in [3.63, 3.8) is 0 Å². The molecule has 12 heavy (non-hydrogen) atoms. The lowest BCUT2D eigenvalue weighted by molar-refractivity contribution is 0.146. The molecule has 2 aliphatic rings. The van der Waals surface area contributed by atoms with Gasteiger partial charge in [-0.1, -0.05) is 6.42 Å². The number of nitrogens with zero attached hydrogens (tertiary/aromatic N) is 1. The molecule has 1 aliphatic heterocycles. The van der Waals surface area contributed by atoms with Crippen molar-refractivity contribution in [2.75, 3.05) is 19.8 Å². The van der Waals surface area contributed by atoms with Gasteiger partial charge in [-0.3, -0.25) is 4.90 Å². The van der Waals surface area contributed by atoms with E-state index in [9.17, 15) is 4.39 Å². The minimum atomic E-state index is -0.518. The molecule has 3 heteroatoms. The third kappa shape index (κ3) is 1.36. The molecule has 70 valence electrons. The molecule has 0 spiro atoms. The quantitative estimate of drug-likeness (QED) is 0.671. The second-order valence-corrected chi connectivity index (χ2v) is 4.30. The number of nitrogens with two attached hydrogens (primary N) is 1. The molecular weight excluding hydrogens is 155 g/mol. The molecule has 0 aromatic carbocycles. The summed E-state index contributed by atoms with van der Waals surface area (Å²) < 4.78 is 12.5. The summed E-state index contributed by atoms with van der Waals surface area (Å²) in [5, 5.41) is 0. The zero-order valence-corrected chi connectivity index (χ0v) is 7.43. The Kier molecular flexibility index (Phi) is 2.09. The van der Waals surface area contributed by atoms with Gasteiger partial charge >= 0.3 is 0 Å². The van der Waals surface area contributed by atoms with Crippen molar-refractivity contribution in [3.05, 3.63) is 0 Å².